The van der Waals surface area contributed by atoms with Crippen molar-refractivity contribution in [3.05, 3.63) is 46.2 Å². The fourth-order valence-corrected chi connectivity index (χ4v) is 3.88. The van der Waals surface area contributed by atoms with Crippen molar-refractivity contribution in [1.29, 1.82) is 0 Å². The third kappa shape index (κ3) is 3.57. The molecule has 0 bridgehead atoms. The molecule has 0 saturated heterocycles. The molecule has 2 aromatic rings. The molecule has 0 radical (unpaired) electrons. The SMILES string of the molecule is CC1(COCCCN2C(=O)c3ccccc3C2=O)COc2cscc2OC1. The van der Waals surface area contributed by atoms with Gasteiger partial charge in [-0.25, -0.2) is 0 Å². The molecule has 0 atom stereocenters. The summed E-state index contributed by atoms with van der Waals surface area (Å²) in [5.41, 5.74) is 0.721. The van der Waals surface area contributed by atoms with Crippen LogP contribution >= 0.6 is 11.3 Å². The Labute approximate surface area is 161 Å². The first-order valence-corrected chi connectivity index (χ1v) is 9.86. The molecule has 1 aromatic carbocycles. The van der Waals surface area contributed by atoms with Crippen LogP contribution in [0, 0.1) is 5.41 Å². The van der Waals surface area contributed by atoms with Gasteiger partial charge >= 0.3 is 0 Å². The first kappa shape index (κ1) is 18.0. The number of fused-ring (bicyclic) bond motifs is 2. The van der Waals surface area contributed by atoms with Gasteiger partial charge in [0.2, 0.25) is 0 Å². The highest BCUT2D eigenvalue weighted by Gasteiger charge is 2.35. The number of ether oxygens (including phenoxy) is 3. The van der Waals surface area contributed by atoms with Crippen LogP contribution in [-0.2, 0) is 4.74 Å². The van der Waals surface area contributed by atoms with Crippen molar-refractivity contribution in [2.45, 2.75) is 13.3 Å². The Morgan fingerprint density at radius 2 is 1.67 bits per heavy atom. The molecule has 2 aliphatic heterocycles. The van der Waals surface area contributed by atoms with Gasteiger partial charge in [-0.1, -0.05) is 19.1 Å². The van der Waals surface area contributed by atoms with Crippen LogP contribution in [0.3, 0.4) is 0 Å². The second kappa shape index (κ2) is 7.32. The Kier molecular flexibility index (Phi) is 4.88. The first-order chi connectivity index (χ1) is 13.1. The highest BCUT2D eigenvalue weighted by Crippen LogP contribution is 2.36. The molecule has 0 fully saturated rings. The maximum absolute atomic E-state index is 12.3. The van der Waals surface area contributed by atoms with E-state index in [1.807, 2.05) is 10.8 Å². The summed E-state index contributed by atoms with van der Waals surface area (Å²) in [4.78, 5) is 25.9. The van der Waals surface area contributed by atoms with E-state index in [-0.39, 0.29) is 17.2 Å². The molecule has 3 heterocycles. The summed E-state index contributed by atoms with van der Waals surface area (Å²) < 4.78 is 17.4. The molecule has 142 valence electrons. The lowest BCUT2D eigenvalue weighted by molar-refractivity contribution is 0.00460. The second-order valence-corrected chi connectivity index (χ2v) is 7.95. The summed E-state index contributed by atoms with van der Waals surface area (Å²) in [6.07, 6.45) is 0.593. The van der Waals surface area contributed by atoms with Gasteiger partial charge in [0, 0.05) is 23.9 Å². The van der Waals surface area contributed by atoms with Crippen LogP contribution in [0.15, 0.2) is 35.0 Å². The summed E-state index contributed by atoms with van der Waals surface area (Å²) in [6.45, 7) is 4.41. The van der Waals surface area contributed by atoms with Crippen LogP contribution in [0.4, 0.5) is 0 Å². The molecule has 6 nitrogen and oxygen atoms in total. The van der Waals surface area contributed by atoms with Gasteiger partial charge in [0.05, 0.1) is 36.4 Å². The Hall–Kier alpha value is -2.38. The van der Waals surface area contributed by atoms with Crippen molar-refractivity contribution >= 4 is 23.2 Å². The second-order valence-electron chi connectivity index (χ2n) is 7.20. The molecule has 4 rings (SSSR count). The van der Waals surface area contributed by atoms with E-state index in [1.54, 1.807) is 35.6 Å². The molecule has 2 amide bonds. The third-order valence-electron chi connectivity index (χ3n) is 4.74. The van der Waals surface area contributed by atoms with Gasteiger partial charge in [-0.3, -0.25) is 14.5 Å². The Morgan fingerprint density at radius 3 is 2.26 bits per heavy atom. The van der Waals surface area contributed by atoms with Crippen molar-refractivity contribution in [3.8, 4) is 11.5 Å². The van der Waals surface area contributed by atoms with E-state index in [1.165, 1.54) is 4.90 Å². The number of hydrogen-bond acceptors (Lipinski definition) is 6. The molecule has 7 heteroatoms. The third-order valence-corrected chi connectivity index (χ3v) is 5.44. The van der Waals surface area contributed by atoms with Gasteiger partial charge in [-0.2, -0.15) is 0 Å². The smallest absolute Gasteiger partial charge is 0.261 e. The number of benzene rings is 1. The van der Waals surface area contributed by atoms with Gasteiger partial charge in [0.15, 0.2) is 11.5 Å². The molecule has 27 heavy (non-hydrogen) atoms. The summed E-state index contributed by atoms with van der Waals surface area (Å²) in [7, 11) is 0. The van der Waals surface area contributed by atoms with Crippen LogP contribution in [0.1, 0.15) is 34.1 Å². The van der Waals surface area contributed by atoms with E-state index in [4.69, 9.17) is 14.2 Å². The molecule has 0 aliphatic carbocycles. The number of amides is 2. The number of imide groups is 1. The fraction of sp³-hybridized carbons (Fsp3) is 0.400. The van der Waals surface area contributed by atoms with Gasteiger partial charge in [0.25, 0.3) is 11.8 Å². The summed E-state index contributed by atoms with van der Waals surface area (Å²) in [5.74, 6) is 1.13. The van der Waals surface area contributed by atoms with E-state index >= 15 is 0 Å². The Morgan fingerprint density at radius 1 is 1.07 bits per heavy atom. The van der Waals surface area contributed by atoms with Crippen molar-refractivity contribution in [2.75, 3.05) is 33.0 Å². The van der Waals surface area contributed by atoms with Gasteiger partial charge in [-0.05, 0) is 18.6 Å². The molecule has 0 spiro atoms. The van der Waals surface area contributed by atoms with Crippen LogP contribution in [-0.4, -0.2) is 49.7 Å². The first-order valence-electron chi connectivity index (χ1n) is 8.92. The number of carbonyl (C=O) groups is 2. The largest absolute Gasteiger partial charge is 0.488 e. The zero-order valence-corrected chi connectivity index (χ0v) is 15.9. The standard InChI is InChI=1S/C20H21NO5S/c1-20(12-25-16-9-27-10-17(16)26-13-20)11-24-8-4-7-21-18(22)14-5-2-3-6-15(14)19(21)23/h2-3,5-6,9-10H,4,7-8,11-13H2,1H3. The molecule has 2 aliphatic rings. The molecule has 0 N–H and O–H groups in total. The molecule has 0 saturated carbocycles. The minimum atomic E-state index is -0.244. The van der Waals surface area contributed by atoms with Crippen molar-refractivity contribution in [1.82, 2.24) is 4.90 Å². The van der Waals surface area contributed by atoms with Crippen LogP contribution in [0.5, 0.6) is 11.5 Å². The molecular formula is C20H21NO5S. The van der Waals surface area contributed by atoms with Gasteiger partial charge < -0.3 is 14.2 Å². The predicted molar refractivity (Wildman–Crippen MR) is 101 cm³/mol. The van der Waals surface area contributed by atoms with Crippen LogP contribution < -0.4 is 9.47 Å². The number of carbonyl (C=O) groups excluding carboxylic acids is 2. The van der Waals surface area contributed by atoms with E-state index in [0.29, 0.717) is 50.5 Å². The number of thiophene rings is 1. The molecular weight excluding hydrogens is 366 g/mol. The number of rotatable bonds is 6. The highest BCUT2D eigenvalue weighted by atomic mass is 32.1. The van der Waals surface area contributed by atoms with E-state index in [9.17, 15) is 9.59 Å². The van der Waals surface area contributed by atoms with Crippen molar-refractivity contribution in [2.24, 2.45) is 5.41 Å². The molecule has 1 aromatic heterocycles. The van der Waals surface area contributed by atoms with Gasteiger partial charge in [-0.15, -0.1) is 11.3 Å². The highest BCUT2D eigenvalue weighted by molar-refractivity contribution is 7.08. The summed E-state index contributed by atoms with van der Waals surface area (Å²) in [5, 5.41) is 3.87. The number of hydrogen-bond donors (Lipinski definition) is 0. The average Bonchev–Trinajstić information content (AvgIpc) is 3.18. The van der Waals surface area contributed by atoms with E-state index in [2.05, 4.69) is 6.92 Å². The van der Waals surface area contributed by atoms with Crippen molar-refractivity contribution in [3.63, 3.8) is 0 Å². The lowest BCUT2D eigenvalue weighted by Crippen LogP contribution is -2.36. The maximum Gasteiger partial charge on any atom is 0.261 e. The molecule has 0 unspecified atom stereocenters. The lowest BCUT2D eigenvalue weighted by Gasteiger charge is -2.26. The quantitative estimate of drug-likeness (QED) is 0.562. The number of nitrogens with zero attached hydrogens (tertiary/aromatic N) is 1. The van der Waals surface area contributed by atoms with Crippen molar-refractivity contribution < 1.29 is 23.8 Å². The maximum atomic E-state index is 12.3. The van der Waals surface area contributed by atoms with Gasteiger partial charge in [0.1, 0.15) is 0 Å². The van der Waals surface area contributed by atoms with E-state index < -0.39 is 0 Å². The van der Waals surface area contributed by atoms with Crippen LogP contribution in [0.2, 0.25) is 0 Å². The average molecular weight is 387 g/mol. The summed E-state index contributed by atoms with van der Waals surface area (Å²) in [6, 6.07) is 6.93. The van der Waals surface area contributed by atoms with E-state index in [0.717, 1.165) is 11.5 Å². The Balaban J connectivity index is 1.23. The Bertz CT molecular complexity index is 804. The fourth-order valence-electron chi connectivity index (χ4n) is 3.20. The zero-order valence-electron chi connectivity index (χ0n) is 15.1. The monoisotopic (exact) mass is 387 g/mol. The summed E-state index contributed by atoms with van der Waals surface area (Å²) >= 11 is 1.56. The predicted octanol–water partition coefficient (Wildman–Crippen LogP) is 3.23. The minimum Gasteiger partial charge on any atom is -0.488 e. The minimum absolute atomic E-state index is 0.223. The zero-order chi connectivity index (χ0) is 18.9. The van der Waals surface area contributed by atoms with Crippen LogP contribution in [0.25, 0.3) is 0 Å². The lowest BCUT2D eigenvalue weighted by atomic mass is 9.94. The normalized spacial score (nSPS) is 17.7. The topological polar surface area (TPSA) is 65.1 Å².